The Balaban J connectivity index is 1.82. The van der Waals surface area contributed by atoms with Gasteiger partial charge in [0.25, 0.3) is 0 Å². The first-order valence-corrected chi connectivity index (χ1v) is 9.17. The molecule has 2 fully saturated rings. The van der Waals surface area contributed by atoms with Gasteiger partial charge in [-0.1, -0.05) is 0 Å². The Hall–Kier alpha value is -1.15. The van der Waals surface area contributed by atoms with E-state index in [1.54, 1.807) is 11.9 Å². The van der Waals surface area contributed by atoms with E-state index in [1.807, 2.05) is 0 Å². The maximum absolute atomic E-state index is 12.0. The number of hydrogen-bond donors (Lipinski definition) is 2. The van der Waals surface area contributed by atoms with Crippen molar-refractivity contribution in [1.82, 2.24) is 15.5 Å². The lowest BCUT2D eigenvalue weighted by molar-refractivity contribution is -0.129. The van der Waals surface area contributed by atoms with Crippen LogP contribution >= 0.6 is 0 Å². The Morgan fingerprint density at radius 3 is 2.81 bits per heavy atom. The molecule has 0 aromatic carbocycles. The van der Waals surface area contributed by atoms with E-state index in [0.29, 0.717) is 19.4 Å². The van der Waals surface area contributed by atoms with Crippen molar-refractivity contribution in [1.29, 1.82) is 0 Å². The van der Waals surface area contributed by atoms with Gasteiger partial charge in [-0.05, 0) is 32.7 Å². The zero-order valence-electron chi connectivity index (χ0n) is 12.3. The first-order valence-electron chi connectivity index (χ1n) is 7.35. The Morgan fingerprint density at radius 1 is 1.38 bits per heavy atom. The zero-order valence-corrected chi connectivity index (χ0v) is 13.1. The minimum Gasteiger partial charge on any atom is -0.354 e. The first-order chi connectivity index (χ1) is 9.87. The highest BCUT2D eigenvalue weighted by atomic mass is 32.2. The number of sulfone groups is 1. The topological polar surface area (TPSA) is 95.6 Å². The van der Waals surface area contributed by atoms with Crippen molar-refractivity contribution in [3.63, 3.8) is 0 Å². The molecule has 0 aromatic rings. The van der Waals surface area contributed by atoms with Crippen molar-refractivity contribution in [2.24, 2.45) is 0 Å². The molecule has 2 amide bonds. The van der Waals surface area contributed by atoms with Gasteiger partial charge in [0.2, 0.25) is 11.8 Å². The minimum atomic E-state index is -2.95. The number of amides is 2. The molecule has 0 saturated carbocycles. The van der Waals surface area contributed by atoms with Crippen LogP contribution < -0.4 is 10.6 Å². The highest BCUT2D eigenvalue weighted by Gasteiger charge is 2.31. The maximum Gasteiger partial charge on any atom is 0.242 e. The predicted molar refractivity (Wildman–Crippen MR) is 78.5 cm³/mol. The monoisotopic (exact) mass is 317 g/mol. The SMILES string of the molecule is CN(CC(=O)N[C@@H]1CCCCNC1=O)[C@@H]1CCS(=O)(=O)C1. The molecule has 2 aliphatic heterocycles. The van der Waals surface area contributed by atoms with E-state index >= 15 is 0 Å². The fourth-order valence-electron chi connectivity index (χ4n) is 2.80. The standard InChI is InChI=1S/C13H23N3O4S/c1-16(10-5-7-21(19,20)9-10)8-12(17)15-11-4-2-3-6-14-13(11)18/h10-11H,2-9H2,1H3,(H,14,18)(H,15,17)/t10-,11-/m1/s1. The van der Waals surface area contributed by atoms with Crippen LogP contribution in [0.1, 0.15) is 25.7 Å². The molecule has 2 rings (SSSR count). The summed E-state index contributed by atoms with van der Waals surface area (Å²) in [7, 11) is -1.21. The van der Waals surface area contributed by atoms with Gasteiger partial charge in [0, 0.05) is 12.6 Å². The molecule has 120 valence electrons. The zero-order chi connectivity index (χ0) is 15.5. The quantitative estimate of drug-likeness (QED) is 0.685. The molecule has 0 bridgehead atoms. The summed E-state index contributed by atoms with van der Waals surface area (Å²) in [5, 5.41) is 5.51. The van der Waals surface area contributed by atoms with Crippen LogP contribution in [0, 0.1) is 0 Å². The van der Waals surface area contributed by atoms with Gasteiger partial charge in [0.1, 0.15) is 6.04 Å². The van der Waals surface area contributed by atoms with Gasteiger partial charge >= 0.3 is 0 Å². The summed E-state index contributed by atoms with van der Waals surface area (Å²) in [6.45, 7) is 0.773. The second-order valence-corrected chi connectivity index (χ2v) is 8.11. The minimum absolute atomic E-state index is 0.108. The number of hydrogen-bond acceptors (Lipinski definition) is 5. The van der Waals surface area contributed by atoms with Crippen LogP contribution in [0.25, 0.3) is 0 Å². The predicted octanol–water partition coefficient (Wildman–Crippen LogP) is -1.11. The molecule has 2 atom stereocenters. The van der Waals surface area contributed by atoms with Gasteiger partial charge in [0.15, 0.2) is 9.84 Å². The van der Waals surface area contributed by atoms with E-state index in [1.165, 1.54) is 0 Å². The molecule has 21 heavy (non-hydrogen) atoms. The molecule has 2 aliphatic rings. The van der Waals surface area contributed by atoms with Gasteiger partial charge in [-0.15, -0.1) is 0 Å². The normalized spacial score (nSPS) is 29.0. The van der Waals surface area contributed by atoms with E-state index in [4.69, 9.17) is 0 Å². The van der Waals surface area contributed by atoms with E-state index < -0.39 is 15.9 Å². The molecular weight excluding hydrogens is 294 g/mol. The molecule has 0 unspecified atom stereocenters. The summed E-state index contributed by atoms with van der Waals surface area (Å²) >= 11 is 0. The summed E-state index contributed by atoms with van der Waals surface area (Å²) in [6, 6.07) is -0.579. The molecule has 2 saturated heterocycles. The Bertz CT molecular complexity index is 506. The second kappa shape index (κ2) is 6.74. The molecule has 2 N–H and O–H groups in total. The molecule has 0 aliphatic carbocycles. The third-order valence-corrected chi connectivity index (χ3v) is 5.85. The Kier molecular flexibility index (Phi) is 5.21. The van der Waals surface area contributed by atoms with Crippen LogP contribution in [0.5, 0.6) is 0 Å². The van der Waals surface area contributed by atoms with E-state index in [-0.39, 0.29) is 35.9 Å². The summed E-state index contributed by atoms with van der Waals surface area (Å²) in [5.41, 5.74) is 0. The summed E-state index contributed by atoms with van der Waals surface area (Å²) < 4.78 is 22.9. The number of likely N-dealkylation sites (N-methyl/N-ethyl adjacent to an activating group) is 1. The number of rotatable bonds is 4. The van der Waals surface area contributed by atoms with Crippen molar-refractivity contribution in [3.05, 3.63) is 0 Å². The molecular formula is C13H23N3O4S. The third kappa shape index (κ3) is 4.67. The second-order valence-electron chi connectivity index (χ2n) is 5.88. The van der Waals surface area contributed by atoms with E-state index in [0.717, 1.165) is 12.8 Å². The van der Waals surface area contributed by atoms with Gasteiger partial charge in [0.05, 0.1) is 18.1 Å². The van der Waals surface area contributed by atoms with Gasteiger partial charge < -0.3 is 10.6 Å². The van der Waals surface area contributed by atoms with Crippen molar-refractivity contribution < 1.29 is 18.0 Å². The summed E-state index contributed by atoms with van der Waals surface area (Å²) in [4.78, 5) is 25.5. The van der Waals surface area contributed by atoms with Crippen LogP contribution in [0.15, 0.2) is 0 Å². The molecule has 2 heterocycles. The highest BCUT2D eigenvalue weighted by Crippen LogP contribution is 2.16. The van der Waals surface area contributed by atoms with Gasteiger partial charge in [-0.3, -0.25) is 14.5 Å². The van der Waals surface area contributed by atoms with Crippen molar-refractivity contribution in [2.75, 3.05) is 31.6 Å². The Labute approximate surface area is 125 Å². The maximum atomic E-state index is 12.0. The average molecular weight is 317 g/mol. The molecule has 0 spiro atoms. The molecule has 8 heteroatoms. The summed E-state index contributed by atoms with van der Waals surface area (Å²) in [6.07, 6.45) is 3.05. The van der Waals surface area contributed by atoms with Gasteiger partial charge in [-0.25, -0.2) is 8.42 Å². The third-order valence-electron chi connectivity index (χ3n) is 4.10. The number of carbonyl (C=O) groups is 2. The number of nitrogens with one attached hydrogen (secondary N) is 2. The van der Waals surface area contributed by atoms with Crippen molar-refractivity contribution in [3.8, 4) is 0 Å². The van der Waals surface area contributed by atoms with Crippen LogP contribution in [0.2, 0.25) is 0 Å². The van der Waals surface area contributed by atoms with Crippen molar-refractivity contribution in [2.45, 2.75) is 37.8 Å². The first kappa shape index (κ1) is 16.2. The van der Waals surface area contributed by atoms with Crippen LogP contribution in [-0.4, -0.2) is 68.9 Å². The Morgan fingerprint density at radius 2 is 2.14 bits per heavy atom. The number of carbonyl (C=O) groups excluding carboxylic acids is 2. The lowest BCUT2D eigenvalue weighted by Gasteiger charge is -2.23. The molecule has 7 nitrogen and oxygen atoms in total. The van der Waals surface area contributed by atoms with E-state index in [9.17, 15) is 18.0 Å². The van der Waals surface area contributed by atoms with Crippen LogP contribution in [0.3, 0.4) is 0 Å². The van der Waals surface area contributed by atoms with Crippen molar-refractivity contribution >= 4 is 21.7 Å². The average Bonchev–Trinajstić information content (AvgIpc) is 2.65. The summed E-state index contributed by atoms with van der Waals surface area (Å²) in [5.74, 6) is -0.0641. The molecule has 0 radical (unpaired) electrons. The lowest BCUT2D eigenvalue weighted by Crippen LogP contribution is -2.49. The smallest absolute Gasteiger partial charge is 0.242 e. The lowest BCUT2D eigenvalue weighted by atomic mass is 10.1. The number of nitrogens with zero attached hydrogens (tertiary/aromatic N) is 1. The van der Waals surface area contributed by atoms with Crippen LogP contribution in [-0.2, 0) is 19.4 Å². The van der Waals surface area contributed by atoms with Crippen LogP contribution in [0.4, 0.5) is 0 Å². The fourth-order valence-corrected chi connectivity index (χ4v) is 4.60. The van der Waals surface area contributed by atoms with E-state index in [2.05, 4.69) is 10.6 Å². The fraction of sp³-hybridized carbons (Fsp3) is 0.846. The molecule has 0 aromatic heterocycles. The van der Waals surface area contributed by atoms with Gasteiger partial charge in [-0.2, -0.15) is 0 Å². The largest absolute Gasteiger partial charge is 0.354 e. The highest BCUT2D eigenvalue weighted by molar-refractivity contribution is 7.91.